The number of methoxy groups -OCH3 is 1. The number of benzene rings is 2. The molecule has 7 heteroatoms. The van der Waals surface area contributed by atoms with E-state index >= 15 is 0 Å². The molecule has 0 atom stereocenters. The van der Waals surface area contributed by atoms with E-state index in [-0.39, 0.29) is 11.6 Å². The van der Waals surface area contributed by atoms with Crippen molar-refractivity contribution >= 4 is 29.2 Å². The van der Waals surface area contributed by atoms with Crippen LogP contribution in [0.4, 0.5) is 17.3 Å². The summed E-state index contributed by atoms with van der Waals surface area (Å²) in [6, 6.07) is 14.2. The van der Waals surface area contributed by atoms with Crippen molar-refractivity contribution in [2.24, 2.45) is 0 Å². The lowest BCUT2D eigenvalue weighted by molar-refractivity contribution is 0.0600. The highest BCUT2D eigenvalue weighted by molar-refractivity contribution is 6.04. The number of aryl methyl sites for hydroxylation is 3. The third kappa shape index (κ3) is 4.76. The SMILES string of the molecule is COC(=O)c1ccc(Nc2nc(C)cc(C(=O)Nc3c(C)cccc3C)n2)cc1. The Hall–Kier alpha value is -3.74. The topological polar surface area (TPSA) is 93.2 Å². The third-order valence-corrected chi connectivity index (χ3v) is 4.37. The predicted octanol–water partition coefficient (Wildman–Crippen LogP) is 4.18. The smallest absolute Gasteiger partial charge is 0.337 e. The third-order valence-electron chi connectivity index (χ3n) is 4.37. The second-order valence-electron chi connectivity index (χ2n) is 6.63. The fraction of sp³-hybridized carbons (Fsp3) is 0.182. The number of aromatic nitrogens is 2. The van der Waals surface area contributed by atoms with Gasteiger partial charge in [0.05, 0.1) is 12.7 Å². The van der Waals surface area contributed by atoms with E-state index in [1.165, 1.54) is 7.11 Å². The van der Waals surface area contributed by atoms with E-state index < -0.39 is 5.97 Å². The molecule has 0 aliphatic carbocycles. The molecular weight excluding hydrogens is 368 g/mol. The number of carbonyl (C=O) groups is 2. The minimum Gasteiger partial charge on any atom is -0.465 e. The lowest BCUT2D eigenvalue weighted by Crippen LogP contribution is -2.17. The van der Waals surface area contributed by atoms with Crippen molar-refractivity contribution in [1.82, 2.24) is 9.97 Å². The molecular formula is C22H22N4O3. The van der Waals surface area contributed by atoms with Crippen LogP contribution in [0.3, 0.4) is 0 Å². The molecule has 0 unspecified atom stereocenters. The Morgan fingerprint density at radius 2 is 1.59 bits per heavy atom. The monoisotopic (exact) mass is 390 g/mol. The van der Waals surface area contributed by atoms with Crippen molar-refractivity contribution in [2.75, 3.05) is 17.7 Å². The summed E-state index contributed by atoms with van der Waals surface area (Å²) in [6.45, 7) is 5.68. The van der Waals surface area contributed by atoms with Gasteiger partial charge in [-0.05, 0) is 62.2 Å². The second kappa shape index (κ2) is 8.52. The average Bonchev–Trinajstić information content (AvgIpc) is 2.70. The molecule has 0 bridgehead atoms. The zero-order valence-electron chi connectivity index (χ0n) is 16.7. The molecule has 2 aromatic carbocycles. The van der Waals surface area contributed by atoms with Crippen LogP contribution >= 0.6 is 0 Å². The number of nitrogens with zero attached hydrogens (tertiary/aromatic N) is 2. The van der Waals surface area contributed by atoms with Gasteiger partial charge in [-0.3, -0.25) is 4.79 Å². The van der Waals surface area contributed by atoms with E-state index in [2.05, 4.69) is 25.3 Å². The summed E-state index contributed by atoms with van der Waals surface area (Å²) in [6.07, 6.45) is 0. The molecule has 7 nitrogen and oxygen atoms in total. The largest absolute Gasteiger partial charge is 0.465 e. The number of amides is 1. The van der Waals surface area contributed by atoms with Crippen molar-refractivity contribution in [3.8, 4) is 0 Å². The Morgan fingerprint density at radius 3 is 2.21 bits per heavy atom. The minimum atomic E-state index is -0.409. The fourth-order valence-electron chi connectivity index (χ4n) is 2.87. The molecule has 29 heavy (non-hydrogen) atoms. The Kier molecular flexibility index (Phi) is 5.87. The summed E-state index contributed by atoms with van der Waals surface area (Å²) in [5, 5.41) is 5.99. The maximum atomic E-state index is 12.7. The Balaban J connectivity index is 1.81. The van der Waals surface area contributed by atoms with E-state index in [1.54, 1.807) is 37.3 Å². The predicted molar refractivity (Wildman–Crippen MR) is 112 cm³/mol. The number of para-hydroxylation sites is 1. The van der Waals surface area contributed by atoms with Crippen LogP contribution in [0, 0.1) is 20.8 Å². The van der Waals surface area contributed by atoms with E-state index in [1.807, 2.05) is 32.0 Å². The minimum absolute atomic E-state index is 0.258. The van der Waals surface area contributed by atoms with Crippen LogP contribution in [-0.2, 0) is 4.74 Å². The second-order valence-corrected chi connectivity index (χ2v) is 6.63. The summed E-state index contributed by atoms with van der Waals surface area (Å²) in [4.78, 5) is 32.9. The highest BCUT2D eigenvalue weighted by atomic mass is 16.5. The van der Waals surface area contributed by atoms with Gasteiger partial charge in [0.1, 0.15) is 5.69 Å². The highest BCUT2D eigenvalue weighted by Gasteiger charge is 2.14. The molecule has 1 amide bonds. The zero-order valence-corrected chi connectivity index (χ0v) is 16.7. The van der Waals surface area contributed by atoms with E-state index in [0.717, 1.165) is 16.8 Å². The van der Waals surface area contributed by atoms with E-state index in [0.29, 0.717) is 22.9 Å². The summed E-state index contributed by atoms with van der Waals surface area (Å²) in [7, 11) is 1.33. The summed E-state index contributed by atoms with van der Waals surface area (Å²) in [5.74, 6) is -0.423. The number of anilines is 3. The summed E-state index contributed by atoms with van der Waals surface area (Å²) < 4.78 is 4.69. The van der Waals surface area contributed by atoms with Crippen LogP contribution in [0.25, 0.3) is 0 Å². The van der Waals surface area contributed by atoms with Crippen molar-refractivity contribution < 1.29 is 14.3 Å². The molecule has 0 radical (unpaired) electrons. The number of hydrogen-bond donors (Lipinski definition) is 2. The van der Waals surface area contributed by atoms with Crippen LogP contribution in [0.5, 0.6) is 0 Å². The van der Waals surface area contributed by atoms with Crippen LogP contribution < -0.4 is 10.6 Å². The molecule has 0 saturated carbocycles. The van der Waals surface area contributed by atoms with Gasteiger partial charge in [-0.25, -0.2) is 14.8 Å². The van der Waals surface area contributed by atoms with Crippen LogP contribution in [0.2, 0.25) is 0 Å². The number of ether oxygens (including phenoxy) is 1. The molecule has 1 heterocycles. The Labute approximate surface area is 169 Å². The van der Waals surface area contributed by atoms with Gasteiger partial charge in [0.2, 0.25) is 5.95 Å². The highest BCUT2D eigenvalue weighted by Crippen LogP contribution is 2.21. The zero-order chi connectivity index (χ0) is 21.0. The molecule has 0 spiro atoms. The van der Waals surface area contributed by atoms with Crippen LogP contribution in [0.15, 0.2) is 48.5 Å². The quantitative estimate of drug-likeness (QED) is 0.635. The first-order valence-electron chi connectivity index (χ1n) is 9.06. The van der Waals surface area contributed by atoms with Gasteiger partial charge in [-0.2, -0.15) is 0 Å². The molecule has 1 aromatic heterocycles. The van der Waals surface area contributed by atoms with Gasteiger partial charge in [-0.1, -0.05) is 18.2 Å². The first kappa shape index (κ1) is 20.0. The molecule has 2 N–H and O–H groups in total. The van der Waals surface area contributed by atoms with Crippen molar-refractivity contribution in [1.29, 1.82) is 0 Å². The maximum absolute atomic E-state index is 12.7. The standard InChI is InChI=1S/C22H22N4O3/c1-13-6-5-7-14(2)19(13)26-20(27)18-12-15(3)23-22(25-18)24-17-10-8-16(9-11-17)21(28)29-4/h5-12H,1-4H3,(H,26,27)(H,23,24,25). The van der Waals surface area contributed by atoms with Gasteiger partial charge in [0.15, 0.2) is 0 Å². The van der Waals surface area contributed by atoms with Gasteiger partial charge in [0.25, 0.3) is 5.91 Å². The normalized spacial score (nSPS) is 10.3. The van der Waals surface area contributed by atoms with E-state index in [9.17, 15) is 9.59 Å². The number of carbonyl (C=O) groups excluding carboxylic acids is 2. The first-order valence-corrected chi connectivity index (χ1v) is 9.06. The van der Waals surface area contributed by atoms with Gasteiger partial charge in [0, 0.05) is 17.1 Å². The van der Waals surface area contributed by atoms with Gasteiger partial charge >= 0.3 is 5.97 Å². The molecule has 3 rings (SSSR count). The van der Waals surface area contributed by atoms with Gasteiger partial charge in [-0.15, -0.1) is 0 Å². The number of rotatable bonds is 5. The van der Waals surface area contributed by atoms with Crippen molar-refractivity contribution in [2.45, 2.75) is 20.8 Å². The van der Waals surface area contributed by atoms with Gasteiger partial charge < -0.3 is 15.4 Å². The number of nitrogens with one attached hydrogen (secondary N) is 2. The van der Waals surface area contributed by atoms with Crippen molar-refractivity contribution in [3.05, 3.63) is 76.6 Å². The lowest BCUT2D eigenvalue weighted by atomic mass is 10.1. The van der Waals surface area contributed by atoms with Crippen LogP contribution in [-0.4, -0.2) is 29.0 Å². The van der Waals surface area contributed by atoms with Crippen LogP contribution in [0.1, 0.15) is 37.7 Å². The Bertz CT molecular complexity index is 1040. The number of hydrogen-bond acceptors (Lipinski definition) is 6. The average molecular weight is 390 g/mol. The van der Waals surface area contributed by atoms with Crippen molar-refractivity contribution in [3.63, 3.8) is 0 Å². The molecule has 148 valence electrons. The first-order chi connectivity index (χ1) is 13.9. The molecule has 0 aliphatic rings. The molecule has 3 aromatic rings. The summed E-state index contributed by atoms with van der Waals surface area (Å²) >= 11 is 0. The summed E-state index contributed by atoms with van der Waals surface area (Å²) in [5.41, 5.74) is 4.78. The van der Waals surface area contributed by atoms with E-state index in [4.69, 9.17) is 0 Å². The Morgan fingerprint density at radius 1 is 0.931 bits per heavy atom. The molecule has 0 aliphatic heterocycles. The molecule has 0 fully saturated rings. The fourth-order valence-corrected chi connectivity index (χ4v) is 2.87. The molecule has 0 saturated heterocycles. The number of esters is 1. The lowest BCUT2D eigenvalue weighted by Gasteiger charge is -2.12. The maximum Gasteiger partial charge on any atom is 0.337 e.